The van der Waals surface area contributed by atoms with E-state index in [1.165, 1.54) is 40.9 Å². The first-order chi connectivity index (χ1) is 12.4. The lowest BCUT2D eigenvalue weighted by Gasteiger charge is -2.09. The lowest BCUT2D eigenvalue weighted by atomic mass is 10.2. The molecule has 1 aliphatic rings. The zero-order valence-corrected chi connectivity index (χ0v) is 16.2. The average molecular weight is 436 g/mol. The van der Waals surface area contributed by atoms with Gasteiger partial charge in [0.15, 0.2) is 5.17 Å². The fraction of sp³-hybridized carbons (Fsp3) is 0.167. The maximum absolute atomic E-state index is 13.0. The number of amidine groups is 1. The molecule has 0 unspecified atom stereocenters. The van der Waals surface area contributed by atoms with Gasteiger partial charge in [0.05, 0.1) is 5.69 Å². The van der Waals surface area contributed by atoms with Crippen molar-refractivity contribution in [3.8, 4) is 0 Å². The van der Waals surface area contributed by atoms with Crippen molar-refractivity contribution in [2.75, 3.05) is 12.4 Å². The van der Waals surface area contributed by atoms with Gasteiger partial charge in [-0.05, 0) is 48.5 Å². The third kappa shape index (κ3) is 4.50. The van der Waals surface area contributed by atoms with Gasteiger partial charge in [0.2, 0.25) is 11.8 Å². The zero-order valence-electron chi connectivity index (χ0n) is 13.8. The normalized spacial score (nSPS) is 18.4. The lowest BCUT2D eigenvalue weighted by Crippen LogP contribution is -2.30. The van der Waals surface area contributed by atoms with E-state index in [4.69, 9.17) is 0 Å². The van der Waals surface area contributed by atoms with Crippen molar-refractivity contribution < 1.29 is 14.0 Å². The molecule has 1 aliphatic heterocycles. The fourth-order valence-corrected chi connectivity index (χ4v) is 3.76. The van der Waals surface area contributed by atoms with Crippen LogP contribution in [0, 0.1) is 5.82 Å². The van der Waals surface area contributed by atoms with Crippen LogP contribution in [0.3, 0.4) is 0 Å². The Morgan fingerprint density at radius 1 is 1.23 bits per heavy atom. The number of benzene rings is 2. The summed E-state index contributed by atoms with van der Waals surface area (Å²) < 4.78 is 13.9. The van der Waals surface area contributed by atoms with Crippen LogP contribution in [-0.2, 0) is 9.59 Å². The van der Waals surface area contributed by atoms with Crippen molar-refractivity contribution in [1.82, 2.24) is 4.90 Å². The molecule has 134 valence electrons. The van der Waals surface area contributed by atoms with Gasteiger partial charge in [-0.2, -0.15) is 0 Å². The third-order valence-electron chi connectivity index (χ3n) is 3.69. The van der Waals surface area contributed by atoms with Crippen LogP contribution in [0.5, 0.6) is 0 Å². The van der Waals surface area contributed by atoms with E-state index in [0.717, 1.165) is 4.47 Å². The summed E-state index contributed by atoms with van der Waals surface area (Å²) in [5, 5.41) is 2.73. The van der Waals surface area contributed by atoms with Crippen LogP contribution in [0.25, 0.3) is 0 Å². The van der Waals surface area contributed by atoms with Crippen LogP contribution in [0.4, 0.5) is 15.8 Å². The van der Waals surface area contributed by atoms with Gasteiger partial charge in [-0.1, -0.05) is 27.7 Å². The molecule has 1 heterocycles. The molecule has 2 amide bonds. The summed E-state index contributed by atoms with van der Waals surface area (Å²) in [4.78, 5) is 30.4. The van der Waals surface area contributed by atoms with E-state index in [9.17, 15) is 14.0 Å². The average Bonchev–Trinajstić information content (AvgIpc) is 2.87. The van der Waals surface area contributed by atoms with Gasteiger partial charge in [0.1, 0.15) is 11.1 Å². The number of aliphatic imine (C=N–C) groups is 1. The van der Waals surface area contributed by atoms with Crippen LogP contribution in [0.1, 0.15) is 6.42 Å². The molecule has 5 nitrogen and oxygen atoms in total. The number of carbonyl (C=O) groups excluding carboxylic acids is 2. The molecular weight excluding hydrogens is 421 g/mol. The number of anilines is 1. The lowest BCUT2D eigenvalue weighted by molar-refractivity contribution is -0.127. The Labute approximate surface area is 162 Å². The number of hydrogen-bond donors (Lipinski definition) is 1. The first-order valence-corrected chi connectivity index (χ1v) is 9.43. The number of carbonyl (C=O) groups is 2. The molecule has 3 rings (SSSR count). The van der Waals surface area contributed by atoms with Crippen LogP contribution in [0.15, 0.2) is 58.0 Å². The van der Waals surface area contributed by atoms with Gasteiger partial charge < -0.3 is 5.32 Å². The molecule has 1 atom stereocenters. The highest BCUT2D eigenvalue weighted by atomic mass is 79.9. The molecule has 0 spiro atoms. The van der Waals surface area contributed by atoms with Crippen molar-refractivity contribution in [1.29, 1.82) is 0 Å². The predicted molar refractivity (Wildman–Crippen MR) is 105 cm³/mol. The number of nitrogens with one attached hydrogen (secondary N) is 1. The van der Waals surface area contributed by atoms with Crippen molar-refractivity contribution in [2.45, 2.75) is 11.7 Å². The van der Waals surface area contributed by atoms with E-state index >= 15 is 0 Å². The second kappa shape index (κ2) is 8.01. The maximum Gasteiger partial charge on any atom is 0.242 e. The van der Waals surface area contributed by atoms with Crippen molar-refractivity contribution >= 4 is 56.0 Å². The highest BCUT2D eigenvalue weighted by Crippen LogP contribution is 2.30. The van der Waals surface area contributed by atoms with Gasteiger partial charge in [-0.3, -0.25) is 14.5 Å². The van der Waals surface area contributed by atoms with E-state index in [1.807, 2.05) is 12.1 Å². The van der Waals surface area contributed by atoms with E-state index in [0.29, 0.717) is 16.5 Å². The predicted octanol–water partition coefficient (Wildman–Crippen LogP) is 4.18. The van der Waals surface area contributed by atoms with Gasteiger partial charge in [-0.25, -0.2) is 9.38 Å². The Kier molecular flexibility index (Phi) is 5.73. The monoisotopic (exact) mass is 435 g/mol. The van der Waals surface area contributed by atoms with Gasteiger partial charge >= 0.3 is 0 Å². The second-order valence-corrected chi connectivity index (χ2v) is 7.72. The number of thioether (sulfide) groups is 1. The molecule has 1 N–H and O–H groups in total. The summed E-state index contributed by atoms with van der Waals surface area (Å²) >= 11 is 4.57. The molecule has 0 aromatic heterocycles. The van der Waals surface area contributed by atoms with Crippen molar-refractivity contribution in [3.05, 3.63) is 58.8 Å². The largest absolute Gasteiger partial charge is 0.326 e. The maximum atomic E-state index is 13.0. The summed E-state index contributed by atoms with van der Waals surface area (Å²) in [6.45, 7) is 0. The summed E-state index contributed by atoms with van der Waals surface area (Å²) in [6.07, 6.45) is 0.0480. The van der Waals surface area contributed by atoms with Crippen molar-refractivity contribution in [3.63, 3.8) is 0 Å². The van der Waals surface area contributed by atoms with Gasteiger partial charge in [-0.15, -0.1) is 0 Å². The molecule has 0 aliphatic carbocycles. The Morgan fingerprint density at radius 2 is 1.88 bits per heavy atom. The Balaban J connectivity index is 1.65. The van der Waals surface area contributed by atoms with Gasteiger partial charge in [0.25, 0.3) is 0 Å². The first-order valence-electron chi connectivity index (χ1n) is 7.76. The molecule has 0 bridgehead atoms. The molecule has 8 heteroatoms. The van der Waals surface area contributed by atoms with Crippen molar-refractivity contribution in [2.24, 2.45) is 4.99 Å². The minimum atomic E-state index is -0.533. The Morgan fingerprint density at radius 3 is 2.54 bits per heavy atom. The molecule has 2 aromatic carbocycles. The summed E-state index contributed by atoms with van der Waals surface area (Å²) in [7, 11) is 1.62. The number of halogens is 2. The first kappa shape index (κ1) is 18.6. The molecular formula is C18H15BrFN3O2S. The highest BCUT2D eigenvalue weighted by molar-refractivity contribution is 9.10. The quantitative estimate of drug-likeness (QED) is 0.783. The molecule has 0 radical (unpaired) electrons. The second-order valence-electron chi connectivity index (χ2n) is 5.63. The summed E-state index contributed by atoms with van der Waals surface area (Å²) in [6, 6.07) is 12.9. The molecule has 2 aromatic rings. The van der Waals surface area contributed by atoms with Crippen LogP contribution in [0.2, 0.25) is 0 Å². The molecule has 1 saturated heterocycles. The Bertz CT molecular complexity index is 856. The molecule has 26 heavy (non-hydrogen) atoms. The van der Waals surface area contributed by atoms with E-state index in [1.54, 1.807) is 19.2 Å². The van der Waals surface area contributed by atoms with Crippen LogP contribution in [-0.4, -0.2) is 34.2 Å². The fourth-order valence-electron chi connectivity index (χ4n) is 2.34. The summed E-state index contributed by atoms with van der Waals surface area (Å²) in [5.41, 5.74) is 1.22. The standard InChI is InChI=1S/C18H15BrFN3O2S/c1-23-17(25)15(10-16(24)21-13-6-2-11(19)3-7-13)26-18(23)22-14-8-4-12(20)5-9-14/h2-9,15H,10H2,1H3,(H,21,24)/t15-/m1/s1. The van der Waals surface area contributed by atoms with Crippen LogP contribution >= 0.6 is 27.7 Å². The number of amides is 2. The van der Waals surface area contributed by atoms with E-state index < -0.39 is 5.25 Å². The summed E-state index contributed by atoms with van der Waals surface area (Å²) in [5.74, 6) is -0.767. The number of nitrogens with zero attached hydrogens (tertiary/aromatic N) is 2. The number of hydrogen-bond acceptors (Lipinski definition) is 4. The van der Waals surface area contributed by atoms with Crippen LogP contribution < -0.4 is 5.32 Å². The zero-order chi connectivity index (χ0) is 18.7. The van der Waals surface area contributed by atoms with E-state index in [2.05, 4.69) is 26.2 Å². The van der Waals surface area contributed by atoms with E-state index in [-0.39, 0.29) is 24.1 Å². The molecule has 0 saturated carbocycles. The third-order valence-corrected chi connectivity index (χ3v) is 5.45. The minimum Gasteiger partial charge on any atom is -0.326 e. The number of rotatable bonds is 4. The topological polar surface area (TPSA) is 61.8 Å². The molecule has 1 fully saturated rings. The Hall–Kier alpha value is -2.19. The highest BCUT2D eigenvalue weighted by Gasteiger charge is 2.36. The van der Waals surface area contributed by atoms with Gasteiger partial charge in [0, 0.05) is 23.6 Å². The SMILES string of the molecule is CN1C(=O)[C@@H](CC(=O)Nc2ccc(Br)cc2)SC1=Nc1ccc(F)cc1. The minimum absolute atomic E-state index is 0.0480. The smallest absolute Gasteiger partial charge is 0.242 e.